The molecule has 16 heteroatoms. The van der Waals surface area contributed by atoms with Crippen LogP contribution in [0.4, 0.5) is 8.78 Å². The van der Waals surface area contributed by atoms with Gasteiger partial charge in [-0.2, -0.15) is 8.78 Å². The quantitative estimate of drug-likeness (QED) is 0.0224. The van der Waals surface area contributed by atoms with Crippen molar-refractivity contribution in [2.24, 2.45) is 16.2 Å². The van der Waals surface area contributed by atoms with Gasteiger partial charge in [-0.25, -0.2) is 8.42 Å². The third kappa shape index (κ3) is 21.9. The number of halogens is 2. The van der Waals surface area contributed by atoms with E-state index in [1.807, 2.05) is 65.8 Å². The predicted molar refractivity (Wildman–Crippen MR) is 374 cm³/mol. The molecule has 0 radical (unpaired) electrons. The van der Waals surface area contributed by atoms with Crippen molar-refractivity contribution >= 4 is 49.7 Å². The smallest absolute Gasteiger partial charge is 0.369 e. The fourth-order valence-electron chi connectivity index (χ4n) is 8.93. The number of rotatable bonds is 22. The highest BCUT2D eigenvalue weighted by molar-refractivity contribution is 7.97. The fraction of sp³-hybridized carbons (Fsp3) is 0.449. The molecule has 0 amide bonds. The van der Waals surface area contributed by atoms with E-state index in [-0.39, 0.29) is 51.6 Å². The van der Waals surface area contributed by atoms with Gasteiger partial charge in [0, 0.05) is 0 Å². The lowest BCUT2D eigenvalue weighted by Gasteiger charge is -2.29. The van der Waals surface area contributed by atoms with Crippen LogP contribution in [0.3, 0.4) is 0 Å². The molecule has 0 aliphatic heterocycles. The molecular formula is C78H102F2O12S2. The van der Waals surface area contributed by atoms with E-state index in [9.17, 15) is 36.1 Å². The Labute approximate surface area is 562 Å². The van der Waals surface area contributed by atoms with E-state index in [0.29, 0.717) is 31.6 Å². The summed E-state index contributed by atoms with van der Waals surface area (Å²) < 4.78 is 83.5. The molecule has 0 saturated heterocycles. The summed E-state index contributed by atoms with van der Waals surface area (Å²) in [6.07, 6.45) is 1.64. The number of carbonyl (C=O) groups excluding carboxylic acids is 3. The summed E-state index contributed by atoms with van der Waals surface area (Å²) in [6, 6.07) is 57.3. The first kappa shape index (κ1) is 79.2. The molecule has 512 valence electrons. The van der Waals surface area contributed by atoms with Crippen LogP contribution in [-0.2, 0) is 55.7 Å². The lowest BCUT2D eigenvalue weighted by atomic mass is 9.78. The summed E-state index contributed by atoms with van der Waals surface area (Å²) in [4.78, 5) is 38.9. The van der Waals surface area contributed by atoms with Gasteiger partial charge in [-0.3, -0.25) is 14.4 Å². The Morgan fingerprint density at radius 3 is 1.50 bits per heavy atom. The van der Waals surface area contributed by atoms with Crippen LogP contribution in [0.15, 0.2) is 185 Å². The average molecular weight is 1330 g/mol. The van der Waals surface area contributed by atoms with E-state index < -0.39 is 43.7 Å². The van der Waals surface area contributed by atoms with Crippen molar-refractivity contribution < 1.29 is 64.9 Å². The van der Waals surface area contributed by atoms with Gasteiger partial charge in [0.2, 0.25) is 0 Å². The first-order valence-corrected chi connectivity index (χ1v) is 35.0. The molecule has 1 aliphatic rings. The van der Waals surface area contributed by atoms with E-state index in [1.165, 1.54) is 68.1 Å². The molecule has 12 nitrogen and oxygen atoms in total. The number of benzene rings is 7. The molecule has 8 rings (SSSR count). The standard InChI is InChI=1S/C26H29O3S.C16H26O.C15H16.C12H16O3.C9H16F2O5S/c1-4-26(2,3)25(27)29-20-19-28-21-15-17-24(18-16-21)30(22-11-7-5-8-12-22)23-13-9-6-10-14-23;1-7-15(3,4)13-9-11-14(12-10-13)17-16(5,6)8-2;1-10-12-8-4-6-11-7-5-9-13(14(11)12)15(10,2)3;1-4-12(2,3)11(14)15-10-7-5-9(13)6-8-10;1-5-8(3,4)7(12)16-6(2)9(10,11)17(13,14)15/h5-18H,4,19-20H2,1-3H3;9-12H,7-8H2,1-6H3;4-10H,1-3H3;5-8,13H,4H2,1-3H3;6H,5H2,1-4H3,(H,13,14,15)/q+1;;;;/p-1. The van der Waals surface area contributed by atoms with Crippen molar-refractivity contribution in [3.63, 3.8) is 0 Å². The normalized spacial score (nSPS) is 14.0. The minimum Gasteiger partial charge on any atom is -0.743 e. The molecule has 7 aromatic carbocycles. The Kier molecular flexibility index (Phi) is 28.6. The van der Waals surface area contributed by atoms with Gasteiger partial charge in [0.15, 0.2) is 30.9 Å². The highest BCUT2D eigenvalue weighted by Crippen LogP contribution is 2.50. The average Bonchev–Trinajstić information content (AvgIpc) is 1.58. The summed E-state index contributed by atoms with van der Waals surface area (Å²) in [6.45, 7) is 37.5. The van der Waals surface area contributed by atoms with Gasteiger partial charge in [0.05, 0.1) is 27.1 Å². The van der Waals surface area contributed by atoms with Crippen LogP contribution in [0.5, 0.6) is 23.0 Å². The van der Waals surface area contributed by atoms with Gasteiger partial charge in [0.25, 0.3) is 0 Å². The van der Waals surface area contributed by atoms with Gasteiger partial charge in [0.1, 0.15) is 41.8 Å². The van der Waals surface area contributed by atoms with E-state index in [0.717, 1.165) is 37.2 Å². The van der Waals surface area contributed by atoms with Crippen LogP contribution >= 0.6 is 0 Å². The number of alkyl halides is 2. The van der Waals surface area contributed by atoms with Gasteiger partial charge in [-0.05, 0) is 224 Å². The molecule has 0 heterocycles. The molecule has 0 spiro atoms. The van der Waals surface area contributed by atoms with E-state index in [1.54, 1.807) is 19.1 Å². The third-order valence-electron chi connectivity index (χ3n) is 18.0. The number of esters is 3. The molecular weight excluding hydrogens is 1230 g/mol. The van der Waals surface area contributed by atoms with Crippen molar-refractivity contribution in [1.82, 2.24) is 0 Å². The number of ether oxygens (including phenoxy) is 5. The summed E-state index contributed by atoms with van der Waals surface area (Å²) in [7, 11) is -6.03. The maximum Gasteiger partial charge on any atom is 0.369 e. The molecule has 7 aromatic rings. The van der Waals surface area contributed by atoms with Gasteiger partial charge < -0.3 is 33.3 Å². The maximum absolute atomic E-state index is 13.0. The first-order chi connectivity index (χ1) is 43.7. The second-order valence-corrected chi connectivity index (χ2v) is 30.7. The van der Waals surface area contributed by atoms with E-state index >= 15 is 0 Å². The number of phenols is 1. The molecule has 0 fully saturated rings. The Morgan fingerprint density at radius 1 is 0.564 bits per heavy atom. The van der Waals surface area contributed by atoms with Crippen molar-refractivity contribution in [3.05, 3.63) is 187 Å². The van der Waals surface area contributed by atoms with Crippen molar-refractivity contribution in [2.45, 2.75) is 212 Å². The molecule has 1 aliphatic carbocycles. The summed E-state index contributed by atoms with van der Waals surface area (Å²) in [5.41, 5.74) is 2.92. The zero-order valence-corrected chi connectivity index (χ0v) is 60.4. The van der Waals surface area contributed by atoms with Gasteiger partial charge in [-0.1, -0.05) is 154 Å². The SMILES string of the molecule is CC1c2cccc3cccc(c23)C1(C)C.CCC(C)(C)C(=O)OC(C)C(F)(F)S(=O)(=O)[O-].CCC(C)(C)C(=O)OCCOc1ccc([S+](c2ccccc2)c2ccccc2)cc1.CCC(C)(C)C(=O)Oc1ccc(O)cc1.CCC(C)(C)Oc1ccc(C(C)(C)CC)cc1. The summed E-state index contributed by atoms with van der Waals surface area (Å²) in [5, 5.41) is 7.31. The predicted octanol–water partition coefficient (Wildman–Crippen LogP) is 19.5. The molecule has 94 heavy (non-hydrogen) atoms. The molecule has 0 saturated carbocycles. The van der Waals surface area contributed by atoms with Crippen molar-refractivity contribution in [3.8, 4) is 23.0 Å². The highest BCUT2D eigenvalue weighted by atomic mass is 32.2. The second kappa shape index (κ2) is 33.9. The Hall–Kier alpha value is -7.27. The molecule has 0 aromatic heterocycles. The number of hydrogen-bond donors (Lipinski definition) is 1. The monoisotopic (exact) mass is 1330 g/mol. The van der Waals surface area contributed by atoms with Crippen LogP contribution in [0.25, 0.3) is 10.8 Å². The number of hydrogen-bond acceptors (Lipinski definition) is 12. The Bertz CT molecular complexity index is 3580. The second-order valence-electron chi connectivity index (χ2n) is 27.2. The molecule has 2 unspecified atom stereocenters. The highest BCUT2D eigenvalue weighted by Gasteiger charge is 2.48. The van der Waals surface area contributed by atoms with Gasteiger partial charge >= 0.3 is 23.2 Å². The summed E-state index contributed by atoms with van der Waals surface area (Å²) >= 11 is 0. The largest absolute Gasteiger partial charge is 0.743 e. The lowest BCUT2D eigenvalue weighted by Crippen LogP contribution is -2.44. The maximum atomic E-state index is 13.0. The molecule has 1 N–H and O–H groups in total. The van der Waals surface area contributed by atoms with Crippen LogP contribution in [-0.4, -0.2) is 66.2 Å². The first-order valence-electron chi connectivity index (χ1n) is 32.4. The number of phenolic OH excluding ortho intramolecular Hbond substituents is 1. The lowest BCUT2D eigenvalue weighted by molar-refractivity contribution is -0.170. The minimum atomic E-state index is -5.86. The number of carbonyl (C=O) groups is 3. The summed E-state index contributed by atoms with van der Waals surface area (Å²) in [5.74, 6) is 1.56. The molecule has 0 bridgehead atoms. The van der Waals surface area contributed by atoms with E-state index in [2.05, 4.69) is 188 Å². The van der Waals surface area contributed by atoms with E-state index in [4.69, 9.17) is 24.1 Å². The Morgan fingerprint density at radius 2 is 1.02 bits per heavy atom. The zero-order chi connectivity index (χ0) is 70.7. The minimum absolute atomic E-state index is 0.0816. The zero-order valence-electron chi connectivity index (χ0n) is 58.8. The Balaban J connectivity index is 0.000000259. The van der Waals surface area contributed by atoms with Crippen LogP contribution in [0.1, 0.15) is 186 Å². The molecule has 2 atom stereocenters. The third-order valence-corrected chi connectivity index (χ3v) is 21.2. The van der Waals surface area contributed by atoms with Gasteiger partial charge in [-0.15, -0.1) is 0 Å². The fourth-order valence-corrected chi connectivity index (χ4v) is 11.5. The van der Waals surface area contributed by atoms with Crippen LogP contribution in [0, 0.1) is 16.2 Å². The number of aromatic hydroxyl groups is 1. The van der Waals surface area contributed by atoms with Crippen molar-refractivity contribution in [2.75, 3.05) is 13.2 Å². The van der Waals surface area contributed by atoms with Crippen LogP contribution in [0.2, 0.25) is 0 Å². The van der Waals surface area contributed by atoms with Crippen molar-refractivity contribution in [1.29, 1.82) is 0 Å². The van der Waals surface area contributed by atoms with Crippen LogP contribution < -0.4 is 14.2 Å². The topological polar surface area (TPSA) is 175 Å².